The van der Waals surface area contributed by atoms with E-state index < -0.39 is 0 Å². The van der Waals surface area contributed by atoms with Gasteiger partial charge in [0.25, 0.3) is 0 Å². The highest BCUT2D eigenvalue weighted by molar-refractivity contribution is 7.99. The van der Waals surface area contributed by atoms with Gasteiger partial charge in [-0.3, -0.25) is 0 Å². The van der Waals surface area contributed by atoms with Crippen LogP contribution in [-0.4, -0.2) is 33.1 Å². The van der Waals surface area contributed by atoms with Crippen LogP contribution in [0.25, 0.3) is 0 Å². The van der Waals surface area contributed by atoms with Gasteiger partial charge in [0.15, 0.2) is 0 Å². The van der Waals surface area contributed by atoms with Crippen LogP contribution in [0.1, 0.15) is 51.0 Å². The highest BCUT2D eigenvalue weighted by Crippen LogP contribution is 2.38. The normalized spacial score (nSPS) is 16.3. The van der Waals surface area contributed by atoms with Crippen LogP contribution in [0.5, 0.6) is 0 Å². The monoisotopic (exact) mass is 392 g/mol. The number of ether oxygens (including phenoxy) is 1. The number of thioether (sulfide) groups is 1. The summed E-state index contributed by atoms with van der Waals surface area (Å²) < 4.78 is 7.32. The topological polar surface area (TPSA) is 69.0 Å². The number of nitrogens with zero attached hydrogens (tertiary/aromatic N) is 3. The Labute approximate surface area is 162 Å². The Morgan fingerprint density at radius 1 is 1.42 bits per heavy atom. The molecule has 0 amide bonds. The SMILES string of the molecule is CCCCOC(=O)C1=C(C)Nc2nc(SCCC)nn2C1c1cccs1. The standard InChI is InChI=1S/C18H24N4O2S2/c1-4-6-9-24-16(23)14-12(3)19-17-20-18(26-10-5-2)21-22(17)15(14)13-8-7-11-25-13/h7-8,11,15H,4-6,9-10H2,1-3H3,(H,19,20,21). The van der Waals surface area contributed by atoms with E-state index >= 15 is 0 Å². The van der Waals surface area contributed by atoms with Crippen molar-refractivity contribution in [2.75, 3.05) is 17.7 Å². The molecule has 3 rings (SSSR count). The van der Waals surface area contributed by atoms with E-state index in [0.29, 0.717) is 18.1 Å². The quantitative estimate of drug-likeness (QED) is 0.406. The minimum atomic E-state index is -0.302. The zero-order chi connectivity index (χ0) is 18.5. The second kappa shape index (κ2) is 8.73. The van der Waals surface area contributed by atoms with Crippen LogP contribution < -0.4 is 5.32 Å². The van der Waals surface area contributed by atoms with Gasteiger partial charge >= 0.3 is 5.97 Å². The molecule has 2 aromatic heterocycles. The van der Waals surface area contributed by atoms with E-state index in [1.807, 2.05) is 29.1 Å². The van der Waals surface area contributed by atoms with Crippen LogP contribution in [-0.2, 0) is 9.53 Å². The Balaban J connectivity index is 1.95. The first-order chi connectivity index (χ1) is 12.7. The van der Waals surface area contributed by atoms with Gasteiger partial charge in [-0.05, 0) is 31.2 Å². The van der Waals surface area contributed by atoms with Gasteiger partial charge in [0.1, 0.15) is 6.04 Å². The summed E-state index contributed by atoms with van der Waals surface area (Å²) in [6, 6.07) is 3.71. The summed E-state index contributed by atoms with van der Waals surface area (Å²) in [6.07, 6.45) is 2.91. The first-order valence-electron chi connectivity index (χ1n) is 8.93. The summed E-state index contributed by atoms with van der Waals surface area (Å²) >= 11 is 3.23. The third kappa shape index (κ3) is 3.96. The van der Waals surface area contributed by atoms with Gasteiger partial charge in [-0.1, -0.05) is 38.1 Å². The van der Waals surface area contributed by atoms with Crippen molar-refractivity contribution >= 4 is 35.0 Å². The van der Waals surface area contributed by atoms with Crippen LogP contribution in [0.2, 0.25) is 0 Å². The number of hydrogen-bond acceptors (Lipinski definition) is 7. The fraction of sp³-hybridized carbons (Fsp3) is 0.500. The number of unbranched alkanes of at least 4 members (excludes halogenated alkanes) is 1. The second-order valence-electron chi connectivity index (χ2n) is 6.08. The summed E-state index contributed by atoms with van der Waals surface area (Å²) in [4.78, 5) is 18.4. The lowest BCUT2D eigenvalue weighted by Crippen LogP contribution is -2.29. The van der Waals surface area contributed by atoms with E-state index in [4.69, 9.17) is 4.74 Å². The predicted molar refractivity (Wildman–Crippen MR) is 106 cm³/mol. The van der Waals surface area contributed by atoms with Crippen molar-refractivity contribution in [1.29, 1.82) is 0 Å². The van der Waals surface area contributed by atoms with Gasteiger partial charge in [0, 0.05) is 16.3 Å². The minimum absolute atomic E-state index is 0.286. The fourth-order valence-electron chi connectivity index (χ4n) is 2.75. The van der Waals surface area contributed by atoms with Gasteiger partial charge in [-0.25, -0.2) is 9.48 Å². The molecule has 0 aliphatic carbocycles. The molecule has 26 heavy (non-hydrogen) atoms. The van der Waals surface area contributed by atoms with Crippen LogP contribution in [0.4, 0.5) is 5.95 Å². The molecule has 1 unspecified atom stereocenters. The van der Waals surface area contributed by atoms with E-state index in [0.717, 1.165) is 40.7 Å². The van der Waals surface area contributed by atoms with Gasteiger partial charge < -0.3 is 10.1 Å². The maximum atomic E-state index is 12.8. The summed E-state index contributed by atoms with van der Waals surface area (Å²) in [5.74, 6) is 1.35. The Morgan fingerprint density at radius 2 is 2.27 bits per heavy atom. The number of allylic oxidation sites excluding steroid dienone is 1. The molecule has 1 N–H and O–H groups in total. The summed E-state index contributed by atoms with van der Waals surface area (Å²) in [7, 11) is 0. The Morgan fingerprint density at radius 3 is 2.96 bits per heavy atom. The van der Waals surface area contributed by atoms with Crippen molar-refractivity contribution in [3.8, 4) is 0 Å². The van der Waals surface area contributed by atoms with E-state index in [1.54, 1.807) is 23.1 Å². The Bertz CT molecular complexity index is 783. The molecule has 0 radical (unpaired) electrons. The number of hydrogen-bond donors (Lipinski definition) is 1. The van der Waals surface area contributed by atoms with Crippen LogP contribution >= 0.6 is 23.1 Å². The number of nitrogens with one attached hydrogen (secondary N) is 1. The van der Waals surface area contributed by atoms with Gasteiger partial charge in [0.2, 0.25) is 11.1 Å². The van der Waals surface area contributed by atoms with E-state index in [-0.39, 0.29) is 12.0 Å². The summed E-state index contributed by atoms with van der Waals surface area (Å²) in [5, 5.41) is 10.6. The molecule has 0 aromatic carbocycles. The molecule has 1 aliphatic rings. The molecule has 8 heteroatoms. The Kier molecular flexibility index (Phi) is 6.37. The highest BCUT2D eigenvalue weighted by Gasteiger charge is 2.35. The second-order valence-corrected chi connectivity index (χ2v) is 8.12. The molecule has 0 spiro atoms. The van der Waals surface area contributed by atoms with Crippen LogP contribution in [0, 0.1) is 0 Å². The molecule has 0 saturated heterocycles. The van der Waals surface area contributed by atoms with Gasteiger partial charge in [-0.2, -0.15) is 4.98 Å². The van der Waals surface area contributed by atoms with Crippen molar-refractivity contribution in [3.63, 3.8) is 0 Å². The molecule has 1 atom stereocenters. The number of thiophene rings is 1. The van der Waals surface area contributed by atoms with Crippen molar-refractivity contribution in [1.82, 2.24) is 14.8 Å². The van der Waals surface area contributed by atoms with Crippen LogP contribution in [0.15, 0.2) is 33.9 Å². The number of esters is 1. The highest BCUT2D eigenvalue weighted by atomic mass is 32.2. The number of anilines is 1. The lowest BCUT2D eigenvalue weighted by molar-refractivity contribution is -0.139. The first kappa shape index (κ1) is 19.0. The summed E-state index contributed by atoms with van der Waals surface area (Å²) in [5.41, 5.74) is 1.38. The molecule has 2 aromatic rings. The van der Waals surface area contributed by atoms with Crippen molar-refractivity contribution in [2.45, 2.75) is 51.2 Å². The average molecular weight is 393 g/mol. The molecular weight excluding hydrogens is 368 g/mol. The van der Waals surface area contributed by atoms with E-state index in [9.17, 15) is 4.79 Å². The zero-order valence-corrected chi connectivity index (χ0v) is 17.0. The minimum Gasteiger partial charge on any atom is -0.462 e. The molecule has 0 saturated carbocycles. The number of carbonyl (C=O) groups excluding carboxylic acids is 1. The number of carbonyl (C=O) groups is 1. The largest absolute Gasteiger partial charge is 0.462 e. The molecule has 6 nitrogen and oxygen atoms in total. The van der Waals surface area contributed by atoms with Crippen LogP contribution in [0.3, 0.4) is 0 Å². The smallest absolute Gasteiger partial charge is 0.338 e. The zero-order valence-electron chi connectivity index (χ0n) is 15.3. The fourth-order valence-corrected chi connectivity index (χ4v) is 4.25. The maximum absolute atomic E-state index is 12.8. The molecule has 3 heterocycles. The van der Waals surface area contributed by atoms with Crippen molar-refractivity contribution < 1.29 is 9.53 Å². The molecule has 1 aliphatic heterocycles. The van der Waals surface area contributed by atoms with Crippen molar-refractivity contribution in [3.05, 3.63) is 33.7 Å². The maximum Gasteiger partial charge on any atom is 0.338 e. The third-order valence-electron chi connectivity index (χ3n) is 4.03. The lowest BCUT2D eigenvalue weighted by atomic mass is 10.0. The van der Waals surface area contributed by atoms with Crippen molar-refractivity contribution in [2.24, 2.45) is 0 Å². The molecule has 0 bridgehead atoms. The third-order valence-corrected chi connectivity index (χ3v) is 6.00. The van der Waals surface area contributed by atoms with E-state index in [1.165, 1.54) is 0 Å². The number of aromatic nitrogens is 3. The first-order valence-corrected chi connectivity index (χ1v) is 10.8. The van der Waals surface area contributed by atoms with Gasteiger partial charge in [0.05, 0.1) is 12.2 Å². The lowest BCUT2D eigenvalue weighted by Gasteiger charge is -2.27. The number of fused-ring (bicyclic) bond motifs is 1. The molecule has 140 valence electrons. The van der Waals surface area contributed by atoms with E-state index in [2.05, 4.69) is 29.2 Å². The van der Waals surface area contributed by atoms with Gasteiger partial charge in [-0.15, -0.1) is 16.4 Å². The average Bonchev–Trinajstić information content (AvgIpc) is 3.28. The summed E-state index contributed by atoms with van der Waals surface area (Å²) in [6.45, 7) is 6.54. The number of rotatable bonds is 8. The predicted octanol–water partition coefficient (Wildman–Crippen LogP) is 4.47. The Hall–Kier alpha value is -1.80. The molecule has 0 fully saturated rings. The molecular formula is C18H24N4O2S2.